The molecule has 0 aliphatic carbocycles. The molecule has 0 radical (unpaired) electrons. The van der Waals surface area contributed by atoms with E-state index in [4.69, 9.17) is 5.11 Å². The highest BCUT2D eigenvalue weighted by atomic mass is 16.3. The molecule has 66 valence electrons. The van der Waals surface area contributed by atoms with E-state index < -0.39 is 0 Å². The molecule has 2 nitrogen and oxygen atoms in total. The van der Waals surface area contributed by atoms with Crippen molar-refractivity contribution in [2.75, 3.05) is 0 Å². The van der Waals surface area contributed by atoms with Gasteiger partial charge in [0.2, 0.25) is 0 Å². The standard InChI is InChI=1S/C10H14O2/c1-7(2)9-5-8(6-11)3-4-10(9)12/h3-5,7,11-12H,6H2,1-2H3. The Bertz CT molecular complexity index is 267. The number of aliphatic hydroxyl groups is 1. The number of aliphatic hydroxyl groups excluding tert-OH is 1. The molecule has 0 saturated carbocycles. The summed E-state index contributed by atoms with van der Waals surface area (Å²) in [6, 6.07) is 5.18. The number of benzene rings is 1. The molecule has 0 aliphatic rings. The van der Waals surface area contributed by atoms with E-state index in [0.717, 1.165) is 11.1 Å². The highest BCUT2D eigenvalue weighted by Gasteiger charge is 2.05. The Kier molecular flexibility index (Phi) is 2.71. The van der Waals surface area contributed by atoms with Gasteiger partial charge >= 0.3 is 0 Å². The van der Waals surface area contributed by atoms with Crippen molar-refractivity contribution in [2.45, 2.75) is 26.4 Å². The summed E-state index contributed by atoms with van der Waals surface area (Å²) in [6.45, 7) is 4.05. The Morgan fingerprint density at radius 2 is 2.00 bits per heavy atom. The Morgan fingerprint density at radius 3 is 2.50 bits per heavy atom. The number of rotatable bonds is 2. The number of hydrogen-bond acceptors (Lipinski definition) is 2. The second-order valence-electron chi connectivity index (χ2n) is 3.21. The fourth-order valence-corrected chi connectivity index (χ4v) is 1.16. The minimum absolute atomic E-state index is 0.0278. The molecular formula is C10H14O2. The number of phenols is 1. The molecule has 2 heteroatoms. The van der Waals surface area contributed by atoms with Crippen molar-refractivity contribution in [1.29, 1.82) is 0 Å². The predicted molar refractivity (Wildman–Crippen MR) is 48.1 cm³/mol. The lowest BCUT2D eigenvalue weighted by Gasteiger charge is -2.09. The summed E-state index contributed by atoms with van der Waals surface area (Å²) in [7, 11) is 0. The molecular weight excluding hydrogens is 152 g/mol. The van der Waals surface area contributed by atoms with E-state index in [1.54, 1.807) is 12.1 Å². The minimum Gasteiger partial charge on any atom is -0.508 e. The zero-order chi connectivity index (χ0) is 9.14. The maximum absolute atomic E-state index is 9.42. The van der Waals surface area contributed by atoms with Crippen LogP contribution in [-0.2, 0) is 6.61 Å². The highest BCUT2D eigenvalue weighted by molar-refractivity contribution is 5.37. The molecule has 0 saturated heterocycles. The molecule has 0 amide bonds. The van der Waals surface area contributed by atoms with Gasteiger partial charge in [-0.25, -0.2) is 0 Å². The van der Waals surface area contributed by atoms with E-state index in [1.165, 1.54) is 0 Å². The molecule has 1 aromatic carbocycles. The Balaban J connectivity index is 3.08. The van der Waals surface area contributed by atoms with Crippen molar-refractivity contribution in [2.24, 2.45) is 0 Å². The third-order valence-electron chi connectivity index (χ3n) is 1.90. The van der Waals surface area contributed by atoms with Gasteiger partial charge in [-0.1, -0.05) is 19.9 Å². The van der Waals surface area contributed by atoms with Crippen molar-refractivity contribution in [3.05, 3.63) is 29.3 Å². The largest absolute Gasteiger partial charge is 0.508 e. The van der Waals surface area contributed by atoms with E-state index in [0.29, 0.717) is 5.75 Å². The molecule has 12 heavy (non-hydrogen) atoms. The van der Waals surface area contributed by atoms with Gasteiger partial charge < -0.3 is 10.2 Å². The van der Waals surface area contributed by atoms with Gasteiger partial charge in [-0.05, 0) is 29.2 Å². The fourth-order valence-electron chi connectivity index (χ4n) is 1.16. The Hall–Kier alpha value is -1.02. The van der Waals surface area contributed by atoms with E-state index in [1.807, 2.05) is 19.9 Å². The van der Waals surface area contributed by atoms with Crippen LogP contribution in [0.25, 0.3) is 0 Å². The van der Waals surface area contributed by atoms with Crippen LogP contribution in [0.4, 0.5) is 0 Å². The summed E-state index contributed by atoms with van der Waals surface area (Å²) in [6.07, 6.45) is 0. The van der Waals surface area contributed by atoms with E-state index in [9.17, 15) is 5.11 Å². The zero-order valence-corrected chi connectivity index (χ0v) is 7.41. The van der Waals surface area contributed by atoms with Crippen LogP contribution in [0.3, 0.4) is 0 Å². The van der Waals surface area contributed by atoms with Gasteiger partial charge in [-0.2, -0.15) is 0 Å². The summed E-state index contributed by atoms with van der Waals surface area (Å²) in [4.78, 5) is 0. The van der Waals surface area contributed by atoms with Crippen LogP contribution in [0.1, 0.15) is 30.9 Å². The van der Waals surface area contributed by atoms with Crippen molar-refractivity contribution in [3.8, 4) is 5.75 Å². The quantitative estimate of drug-likeness (QED) is 0.705. The first-order valence-corrected chi connectivity index (χ1v) is 4.07. The number of hydrogen-bond donors (Lipinski definition) is 2. The smallest absolute Gasteiger partial charge is 0.119 e. The predicted octanol–water partition coefficient (Wildman–Crippen LogP) is 2.01. The molecule has 0 aliphatic heterocycles. The summed E-state index contributed by atoms with van der Waals surface area (Å²) < 4.78 is 0. The summed E-state index contributed by atoms with van der Waals surface area (Å²) in [5.74, 6) is 0.596. The van der Waals surface area contributed by atoms with Crippen LogP contribution in [0.15, 0.2) is 18.2 Å². The van der Waals surface area contributed by atoms with Gasteiger partial charge in [0.1, 0.15) is 5.75 Å². The van der Waals surface area contributed by atoms with Gasteiger partial charge in [0.15, 0.2) is 0 Å². The fraction of sp³-hybridized carbons (Fsp3) is 0.400. The lowest BCUT2D eigenvalue weighted by atomic mass is 10.00. The third-order valence-corrected chi connectivity index (χ3v) is 1.90. The molecule has 1 aromatic rings. The maximum atomic E-state index is 9.42. The van der Waals surface area contributed by atoms with Crippen molar-refractivity contribution in [3.63, 3.8) is 0 Å². The van der Waals surface area contributed by atoms with Crippen LogP contribution in [0.2, 0.25) is 0 Å². The zero-order valence-electron chi connectivity index (χ0n) is 7.41. The SMILES string of the molecule is CC(C)c1cc(CO)ccc1O. The van der Waals surface area contributed by atoms with Gasteiger partial charge in [0.05, 0.1) is 6.61 Å². The van der Waals surface area contributed by atoms with E-state index in [2.05, 4.69) is 0 Å². The van der Waals surface area contributed by atoms with Gasteiger partial charge in [0, 0.05) is 0 Å². The first-order chi connectivity index (χ1) is 5.65. The first-order valence-electron chi connectivity index (χ1n) is 4.07. The summed E-state index contributed by atoms with van der Waals surface area (Å²) in [5.41, 5.74) is 1.73. The van der Waals surface area contributed by atoms with Crippen LogP contribution < -0.4 is 0 Å². The summed E-state index contributed by atoms with van der Waals surface area (Å²) in [5, 5.41) is 18.3. The number of phenolic OH excluding ortho intramolecular Hbond substituents is 1. The minimum atomic E-state index is 0.0278. The van der Waals surface area contributed by atoms with Crippen molar-refractivity contribution >= 4 is 0 Å². The van der Waals surface area contributed by atoms with Crippen molar-refractivity contribution in [1.82, 2.24) is 0 Å². The van der Waals surface area contributed by atoms with Gasteiger partial charge in [-0.3, -0.25) is 0 Å². The second-order valence-corrected chi connectivity index (χ2v) is 3.21. The van der Waals surface area contributed by atoms with Crippen LogP contribution >= 0.6 is 0 Å². The number of aromatic hydroxyl groups is 1. The maximum Gasteiger partial charge on any atom is 0.119 e. The topological polar surface area (TPSA) is 40.5 Å². The van der Waals surface area contributed by atoms with Crippen molar-refractivity contribution < 1.29 is 10.2 Å². The second kappa shape index (κ2) is 3.59. The third kappa shape index (κ3) is 1.77. The average Bonchev–Trinajstić information content (AvgIpc) is 2.05. The molecule has 0 unspecified atom stereocenters. The highest BCUT2D eigenvalue weighted by Crippen LogP contribution is 2.25. The molecule has 0 aromatic heterocycles. The molecule has 0 bridgehead atoms. The van der Waals surface area contributed by atoms with Crippen LogP contribution in [-0.4, -0.2) is 10.2 Å². The van der Waals surface area contributed by atoms with E-state index in [-0.39, 0.29) is 12.5 Å². The van der Waals surface area contributed by atoms with Gasteiger partial charge in [-0.15, -0.1) is 0 Å². The Morgan fingerprint density at radius 1 is 1.33 bits per heavy atom. The lowest BCUT2D eigenvalue weighted by Crippen LogP contribution is -1.91. The van der Waals surface area contributed by atoms with E-state index >= 15 is 0 Å². The van der Waals surface area contributed by atoms with Gasteiger partial charge in [0.25, 0.3) is 0 Å². The molecule has 0 fully saturated rings. The Labute approximate surface area is 72.5 Å². The molecule has 0 heterocycles. The summed E-state index contributed by atoms with van der Waals surface area (Å²) >= 11 is 0. The first kappa shape index (κ1) is 9.07. The van der Waals surface area contributed by atoms with Crippen LogP contribution in [0, 0.1) is 0 Å². The average molecular weight is 166 g/mol. The molecule has 0 spiro atoms. The monoisotopic (exact) mass is 166 g/mol. The normalized spacial score (nSPS) is 10.7. The molecule has 0 atom stereocenters. The molecule has 2 N–H and O–H groups in total. The van der Waals surface area contributed by atoms with Crippen LogP contribution in [0.5, 0.6) is 5.75 Å². The lowest BCUT2D eigenvalue weighted by molar-refractivity contribution is 0.281. The molecule has 1 rings (SSSR count).